The van der Waals surface area contributed by atoms with Crippen LogP contribution in [0.4, 0.5) is 4.79 Å². The molecule has 2 aliphatic rings. The minimum absolute atomic E-state index is 0.0152. The molecular weight excluding hydrogens is 210 g/mol. The summed E-state index contributed by atoms with van der Waals surface area (Å²) in [5.74, 6) is 0. The Balaban J connectivity index is 1.96. The molecule has 16 heavy (non-hydrogen) atoms. The summed E-state index contributed by atoms with van der Waals surface area (Å²) in [4.78, 5) is 13.5. The maximum Gasteiger partial charge on any atom is 0.410 e. The summed E-state index contributed by atoms with van der Waals surface area (Å²) < 4.78 is 10.7. The van der Waals surface area contributed by atoms with E-state index in [1.165, 1.54) is 0 Å². The third kappa shape index (κ3) is 2.15. The molecular formula is C11H19NO4. The van der Waals surface area contributed by atoms with Crippen LogP contribution in [0, 0.1) is 0 Å². The molecule has 0 aromatic carbocycles. The molecule has 1 aliphatic carbocycles. The first kappa shape index (κ1) is 11.7. The summed E-state index contributed by atoms with van der Waals surface area (Å²) in [5, 5.41) is 9.47. The summed E-state index contributed by atoms with van der Waals surface area (Å²) in [6, 6.07) is -0.0152. The van der Waals surface area contributed by atoms with Crippen LogP contribution in [0.2, 0.25) is 0 Å². The van der Waals surface area contributed by atoms with Crippen LogP contribution < -0.4 is 0 Å². The molecule has 92 valence electrons. The summed E-state index contributed by atoms with van der Waals surface area (Å²) >= 11 is 0. The van der Waals surface area contributed by atoms with Gasteiger partial charge in [-0.15, -0.1) is 0 Å². The molecule has 0 aromatic heterocycles. The van der Waals surface area contributed by atoms with Gasteiger partial charge in [0.25, 0.3) is 0 Å². The number of hydrogen-bond acceptors (Lipinski definition) is 4. The number of hydrogen-bond donors (Lipinski definition) is 1. The zero-order chi connectivity index (χ0) is 11.9. The molecule has 5 nitrogen and oxygen atoms in total. The first-order chi connectivity index (χ1) is 7.38. The number of aliphatic hydroxyl groups is 1. The Morgan fingerprint density at radius 1 is 1.50 bits per heavy atom. The smallest absolute Gasteiger partial charge is 0.410 e. The van der Waals surface area contributed by atoms with Crippen molar-refractivity contribution in [3.63, 3.8) is 0 Å². The SMILES string of the molecule is CC(C)(C)OC(=O)N1CCO[C@@H]2[C@@H](O)C[C@@H]21. The maximum atomic E-state index is 11.9. The van der Waals surface area contributed by atoms with Gasteiger partial charge in [-0.05, 0) is 27.2 Å². The van der Waals surface area contributed by atoms with Crippen LogP contribution in [0.3, 0.4) is 0 Å². The van der Waals surface area contributed by atoms with Crippen molar-refractivity contribution in [3.05, 3.63) is 0 Å². The van der Waals surface area contributed by atoms with E-state index < -0.39 is 11.7 Å². The van der Waals surface area contributed by atoms with Crippen molar-refractivity contribution in [1.82, 2.24) is 4.90 Å². The maximum absolute atomic E-state index is 11.9. The second-order valence-electron chi connectivity index (χ2n) is 5.38. The van der Waals surface area contributed by atoms with E-state index in [0.29, 0.717) is 19.6 Å². The third-order valence-electron chi connectivity index (χ3n) is 2.91. The van der Waals surface area contributed by atoms with Crippen LogP contribution in [-0.4, -0.2) is 53.1 Å². The molecule has 0 unspecified atom stereocenters. The molecule has 2 rings (SSSR count). The van der Waals surface area contributed by atoms with E-state index in [1.807, 2.05) is 20.8 Å². The molecule has 1 saturated carbocycles. The normalized spacial score (nSPS) is 34.0. The first-order valence-corrected chi connectivity index (χ1v) is 5.68. The Kier molecular flexibility index (Phi) is 2.84. The van der Waals surface area contributed by atoms with Crippen molar-refractivity contribution in [2.24, 2.45) is 0 Å². The molecule has 0 radical (unpaired) electrons. The van der Waals surface area contributed by atoms with Crippen LogP contribution in [-0.2, 0) is 9.47 Å². The van der Waals surface area contributed by atoms with Crippen molar-refractivity contribution in [2.75, 3.05) is 13.2 Å². The monoisotopic (exact) mass is 229 g/mol. The summed E-state index contributed by atoms with van der Waals surface area (Å²) in [5.41, 5.74) is -0.479. The van der Waals surface area contributed by atoms with Crippen LogP contribution >= 0.6 is 0 Å². The Bertz CT molecular complexity index is 286. The second-order valence-corrected chi connectivity index (χ2v) is 5.38. The number of rotatable bonds is 0. The number of ether oxygens (including phenoxy) is 2. The summed E-state index contributed by atoms with van der Waals surface area (Å²) in [6.07, 6.45) is -0.376. The molecule has 1 amide bonds. The van der Waals surface area contributed by atoms with Crippen molar-refractivity contribution in [1.29, 1.82) is 0 Å². The number of carbonyl (C=O) groups excluding carboxylic acids is 1. The van der Waals surface area contributed by atoms with Gasteiger partial charge < -0.3 is 19.5 Å². The van der Waals surface area contributed by atoms with Crippen molar-refractivity contribution >= 4 is 6.09 Å². The van der Waals surface area contributed by atoms with Gasteiger partial charge >= 0.3 is 6.09 Å². The van der Waals surface area contributed by atoms with E-state index in [2.05, 4.69) is 0 Å². The summed E-state index contributed by atoms with van der Waals surface area (Å²) in [6.45, 7) is 6.55. The Morgan fingerprint density at radius 2 is 2.19 bits per heavy atom. The van der Waals surface area contributed by atoms with E-state index in [-0.39, 0.29) is 18.2 Å². The zero-order valence-electron chi connectivity index (χ0n) is 9.97. The Labute approximate surface area is 95.3 Å². The van der Waals surface area contributed by atoms with E-state index in [9.17, 15) is 9.90 Å². The number of fused-ring (bicyclic) bond motifs is 1. The fourth-order valence-electron chi connectivity index (χ4n) is 2.10. The van der Waals surface area contributed by atoms with Gasteiger partial charge in [0.2, 0.25) is 0 Å². The number of amides is 1. The molecule has 3 atom stereocenters. The predicted octanol–water partition coefficient (Wildman–Crippen LogP) is 0.756. The van der Waals surface area contributed by atoms with Crippen LogP contribution in [0.5, 0.6) is 0 Å². The van der Waals surface area contributed by atoms with Gasteiger partial charge in [-0.25, -0.2) is 4.79 Å². The minimum Gasteiger partial charge on any atom is -0.444 e. The average Bonchev–Trinajstić information content (AvgIpc) is 2.13. The topological polar surface area (TPSA) is 59.0 Å². The van der Waals surface area contributed by atoms with Crippen LogP contribution in [0.15, 0.2) is 0 Å². The fourth-order valence-corrected chi connectivity index (χ4v) is 2.10. The number of carbonyl (C=O) groups is 1. The number of aliphatic hydroxyl groups excluding tert-OH is 1. The van der Waals surface area contributed by atoms with Gasteiger partial charge in [0.1, 0.15) is 11.7 Å². The standard InChI is InChI=1S/C11H19NO4/c1-11(2,3)16-10(14)12-4-5-15-9-7(12)6-8(9)13/h7-9,13H,4-6H2,1-3H3/t7-,8-,9-/m0/s1. The highest BCUT2D eigenvalue weighted by molar-refractivity contribution is 5.69. The molecule has 0 aromatic rings. The highest BCUT2D eigenvalue weighted by atomic mass is 16.6. The molecule has 0 bridgehead atoms. The lowest BCUT2D eigenvalue weighted by atomic mass is 9.83. The van der Waals surface area contributed by atoms with Crippen molar-refractivity contribution in [3.8, 4) is 0 Å². The average molecular weight is 229 g/mol. The Morgan fingerprint density at radius 3 is 2.75 bits per heavy atom. The fraction of sp³-hybridized carbons (Fsp3) is 0.909. The number of morpholine rings is 1. The first-order valence-electron chi connectivity index (χ1n) is 5.68. The Hall–Kier alpha value is -0.810. The molecule has 0 spiro atoms. The highest BCUT2D eigenvalue weighted by Crippen LogP contribution is 2.32. The van der Waals surface area contributed by atoms with Gasteiger partial charge in [0.05, 0.1) is 18.8 Å². The van der Waals surface area contributed by atoms with E-state index in [4.69, 9.17) is 9.47 Å². The van der Waals surface area contributed by atoms with Gasteiger partial charge in [-0.3, -0.25) is 0 Å². The van der Waals surface area contributed by atoms with Gasteiger partial charge in [-0.2, -0.15) is 0 Å². The summed E-state index contributed by atoms with van der Waals surface area (Å²) in [7, 11) is 0. The second kappa shape index (κ2) is 3.89. The van der Waals surface area contributed by atoms with Gasteiger partial charge in [0, 0.05) is 6.54 Å². The molecule has 1 N–H and O–H groups in total. The van der Waals surface area contributed by atoms with Gasteiger partial charge in [-0.1, -0.05) is 0 Å². The zero-order valence-corrected chi connectivity index (χ0v) is 9.97. The van der Waals surface area contributed by atoms with Crippen molar-refractivity contribution in [2.45, 2.75) is 51.0 Å². The lowest BCUT2D eigenvalue weighted by molar-refractivity contribution is -0.180. The number of nitrogens with zero attached hydrogens (tertiary/aromatic N) is 1. The van der Waals surface area contributed by atoms with Crippen LogP contribution in [0.1, 0.15) is 27.2 Å². The lowest BCUT2D eigenvalue weighted by Crippen LogP contribution is -2.66. The quantitative estimate of drug-likeness (QED) is 0.666. The third-order valence-corrected chi connectivity index (χ3v) is 2.91. The van der Waals surface area contributed by atoms with Crippen LogP contribution in [0.25, 0.3) is 0 Å². The lowest BCUT2D eigenvalue weighted by Gasteiger charge is -2.50. The molecule has 1 aliphatic heterocycles. The molecule has 1 saturated heterocycles. The van der Waals surface area contributed by atoms with E-state index in [1.54, 1.807) is 4.90 Å². The van der Waals surface area contributed by atoms with Gasteiger partial charge in [0.15, 0.2) is 0 Å². The largest absolute Gasteiger partial charge is 0.444 e. The molecule has 5 heteroatoms. The highest BCUT2D eigenvalue weighted by Gasteiger charge is 2.49. The predicted molar refractivity (Wildman–Crippen MR) is 57.1 cm³/mol. The minimum atomic E-state index is -0.479. The van der Waals surface area contributed by atoms with E-state index >= 15 is 0 Å². The molecule has 1 heterocycles. The van der Waals surface area contributed by atoms with E-state index in [0.717, 1.165) is 0 Å². The molecule has 2 fully saturated rings. The van der Waals surface area contributed by atoms with Crippen molar-refractivity contribution < 1.29 is 19.4 Å².